The largest absolute Gasteiger partial charge is 0.477 e. The van der Waals surface area contributed by atoms with Crippen LogP contribution >= 0.6 is 23.5 Å². The Kier molecular flexibility index (Phi) is 6.59. The van der Waals surface area contributed by atoms with E-state index < -0.39 is 17.4 Å². The molecule has 2 atom stereocenters. The van der Waals surface area contributed by atoms with Gasteiger partial charge in [-0.3, -0.25) is 14.5 Å². The van der Waals surface area contributed by atoms with Crippen molar-refractivity contribution in [1.29, 1.82) is 0 Å². The molecule has 2 amide bonds. The molecule has 172 valence electrons. The molecule has 0 bridgehead atoms. The minimum Gasteiger partial charge on any atom is -0.477 e. The first kappa shape index (κ1) is 23.4. The standard InChI is InChI=1S/C25H26N2O4S2/c1-25(2,3)16-11-7-8-12-17(16)33-18-14-32-23-20(22(29)27(23)21(18)24(30)31)26-19(28)13-15-9-5-4-6-10-15/h4-12,20,23H,13-14H2,1-3H3,(H,26,28)(H,30,31)/t20-,23+/m1/s1. The van der Waals surface area contributed by atoms with Crippen molar-refractivity contribution in [2.24, 2.45) is 0 Å². The molecule has 2 aromatic rings. The summed E-state index contributed by atoms with van der Waals surface area (Å²) in [7, 11) is 0. The summed E-state index contributed by atoms with van der Waals surface area (Å²) in [5.74, 6) is -1.30. The van der Waals surface area contributed by atoms with Crippen molar-refractivity contribution in [3.05, 3.63) is 76.3 Å². The zero-order valence-electron chi connectivity index (χ0n) is 18.7. The van der Waals surface area contributed by atoms with E-state index in [0.29, 0.717) is 10.7 Å². The highest BCUT2D eigenvalue weighted by atomic mass is 32.2. The minimum atomic E-state index is -1.13. The van der Waals surface area contributed by atoms with Crippen LogP contribution in [-0.2, 0) is 26.2 Å². The number of carboxylic acids is 1. The van der Waals surface area contributed by atoms with E-state index in [-0.39, 0.29) is 29.3 Å². The van der Waals surface area contributed by atoms with Gasteiger partial charge in [-0.2, -0.15) is 0 Å². The average molecular weight is 483 g/mol. The number of carbonyl (C=O) groups excluding carboxylic acids is 2. The fraction of sp³-hybridized carbons (Fsp3) is 0.320. The molecule has 2 aliphatic rings. The zero-order chi connectivity index (χ0) is 23.8. The summed E-state index contributed by atoms with van der Waals surface area (Å²) in [6, 6.07) is 16.5. The smallest absolute Gasteiger partial charge is 0.353 e. The molecular formula is C25H26N2O4S2. The van der Waals surface area contributed by atoms with Crippen molar-refractivity contribution < 1.29 is 19.5 Å². The molecule has 0 radical (unpaired) electrons. The van der Waals surface area contributed by atoms with E-state index in [4.69, 9.17) is 0 Å². The van der Waals surface area contributed by atoms with Crippen LogP contribution in [0.2, 0.25) is 0 Å². The summed E-state index contributed by atoms with van der Waals surface area (Å²) in [4.78, 5) is 40.5. The molecule has 2 aromatic carbocycles. The Hall–Kier alpha value is -2.71. The molecule has 2 aliphatic heterocycles. The van der Waals surface area contributed by atoms with E-state index in [9.17, 15) is 19.5 Å². The number of hydrogen-bond donors (Lipinski definition) is 2. The Morgan fingerprint density at radius 3 is 2.45 bits per heavy atom. The van der Waals surface area contributed by atoms with Crippen LogP contribution in [0.5, 0.6) is 0 Å². The minimum absolute atomic E-state index is 0.0195. The van der Waals surface area contributed by atoms with Crippen LogP contribution in [-0.4, -0.2) is 45.0 Å². The molecule has 1 fully saturated rings. The lowest BCUT2D eigenvalue weighted by Gasteiger charge is -2.49. The van der Waals surface area contributed by atoms with Crippen molar-refractivity contribution in [2.45, 2.75) is 48.9 Å². The Bertz CT molecular complexity index is 1120. The Labute approximate surface area is 201 Å². The third-order valence-electron chi connectivity index (χ3n) is 5.59. The summed E-state index contributed by atoms with van der Waals surface area (Å²) in [6.45, 7) is 6.35. The molecule has 4 rings (SSSR count). The van der Waals surface area contributed by atoms with Crippen LogP contribution in [0.3, 0.4) is 0 Å². The third kappa shape index (κ3) is 4.82. The average Bonchev–Trinajstić information content (AvgIpc) is 2.77. The number of amides is 2. The lowest BCUT2D eigenvalue weighted by atomic mass is 9.87. The number of benzene rings is 2. The van der Waals surface area contributed by atoms with Gasteiger partial charge in [0, 0.05) is 15.6 Å². The molecule has 2 heterocycles. The number of thioether (sulfide) groups is 2. The van der Waals surface area contributed by atoms with Crippen molar-refractivity contribution in [2.75, 3.05) is 5.75 Å². The highest BCUT2D eigenvalue weighted by Crippen LogP contribution is 2.46. The quantitative estimate of drug-likeness (QED) is 0.605. The predicted octanol–water partition coefficient (Wildman–Crippen LogP) is 4.02. The fourth-order valence-corrected chi connectivity index (χ4v) is 6.80. The van der Waals surface area contributed by atoms with Gasteiger partial charge < -0.3 is 10.4 Å². The molecule has 0 aliphatic carbocycles. The van der Waals surface area contributed by atoms with E-state index in [2.05, 4.69) is 32.2 Å². The number of carboxylic acid groups (broad SMARTS) is 1. The summed E-state index contributed by atoms with van der Waals surface area (Å²) in [6.07, 6.45) is 0.175. The van der Waals surface area contributed by atoms with E-state index >= 15 is 0 Å². The van der Waals surface area contributed by atoms with Crippen LogP contribution in [0.25, 0.3) is 0 Å². The van der Waals surface area contributed by atoms with Gasteiger partial charge in [0.15, 0.2) is 0 Å². The van der Waals surface area contributed by atoms with Gasteiger partial charge in [0.25, 0.3) is 5.91 Å². The maximum atomic E-state index is 12.9. The van der Waals surface area contributed by atoms with E-state index in [0.717, 1.165) is 16.0 Å². The van der Waals surface area contributed by atoms with E-state index in [1.807, 2.05) is 48.5 Å². The molecule has 8 heteroatoms. The van der Waals surface area contributed by atoms with E-state index in [1.54, 1.807) is 0 Å². The SMILES string of the molecule is CC(C)(C)c1ccccc1SC1=C(C(=O)O)N2C(=O)[C@@H](NC(=O)Cc3ccccc3)[C@@H]2SC1. The molecule has 0 saturated carbocycles. The second-order valence-electron chi connectivity index (χ2n) is 9.04. The molecule has 2 N–H and O–H groups in total. The highest BCUT2D eigenvalue weighted by molar-refractivity contribution is 8.06. The summed E-state index contributed by atoms with van der Waals surface area (Å²) in [5.41, 5.74) is 1.90. The van der Waals surface area contributed by atoms with Gasteiger partial charge in [0.2, 0.25) is 5.91 Å². The third-order valence-corrected chi connectivity index (χ3v) is 8.21. The fourth-order valence-electron chi connectivity index (χ4n) is 3.98. The second-order valence-corrected chi connectivity index (χ2v) is 11.3. The maximum absolute atomic E-state index is 12.9. The van der Waals surface area contributed by atoms with Gasteiger partial charge in [-0.25, -0.2) is 4.79 Å². The number of aliphatic carboxylic acids is 1. The van der Waals surface area contributed by atoms with E-state index in [1.165, 1.54) is 28.4 Å². The number of fused-ring (bicyclic) bond motifs is 1. The lowest BCUT2D eigenvalue weighted by Crippen LogP contribution is -2.70. The summed E-state index contributed by atoms with van der Waals surface area (Å²) >= 11 is 2.89. The van der Waals surface area contributed by atoms with Crippen molar-refractivity contribution >= 4 is 41.3 Å². The van der Waals surface area contributed by atoms with Gasteiger partial charge >= 0.3 is 5.97 Å². The summed E-state index contributed by atoms with van der Waals surface area (Å²) in [5, 5.41) is 12.3. The lowest BCUT2D eigenvalue weighted by molar-refractivity contribution is -0.150. The number of nitrogens with zero attached hydrogens (tertiary/aromatic N) is 1. The summed E-state index contributed by atoms with van der Waals surface area (Å²) < 4.78 is 0. The van der Waals surface area contributed by atoms with Crippen LogP contribution in [0.15, 0.2) is 70.1 Å². The van der Waals surface area contributed by atoms with Crippen LogP contribution < -0.4 is 5.32 Å². The first-order chi connectivity index (χ1) is 15.7. The van der Waals surface area contributed by atoms with Crippen LogP contribution in [0.1, 0.15) is 31.9 Å². The van der Waals surface area contributed by atoms with Gasteiger partial charge in [-0.1, -0.05) is 81.1 Å². The molecular weight excluding hydrogens is 456 g/mol. The molecule has 1 saturated heterocycles. The normalized spacial score (nSPS) is 20.2. The van der Waals surface area contributed by atoms with Crippen molar-refractivity contribution in [3.8, 4) is 0 Å². The Balaban J connectivity index is 1.53. The number of β-lactam (4-membered cyclic amide) rings is 1. The van der Waals surface area contributed by atoms with Crippen molar-refractivity contribution in [3.63, 3.8) is 0 Å². The molecule has 33 heavy (non-hydrogen) atoms. The Morgan fingerprint density at radius 2 is 1.79 bits per heavy atom. The number of nitrogens with one attached hydrogen (secondary N) is 1. The van der Waals surface area contributed by atoms with Gasteiger partial charge in [0.1, 0.15) is 17.1 Å². The van der Waals surface area contributed by atoms with Crippen LogP contribution in [0.4, 0.5) is 0 Å². The molecule has 0 spiro atoms. The predicted molar refractivity (Wildman–Crippen MR) is 131 cm³/mol. The highest BCUT2D eigenvalue weighted by Gasteiger charge is 2.54. The van der Waals surface area contributed by atoms with Crippen molar-refractivity contribution in [1.82, 2.24) is 10.2 Å². The number of carbonyl (C=O) groups is 3. The van der Waals surface area contributed by atoms with Gasteiger partial charge in [-0.15, -0.1) is 11.8 Å². The molecule has 0 aromatic heterocycles. The maximum Gasteiger partial charge on any atom is 0.353 e. The zero-order valence-corrected chi connectivity index (χ0v) is 20.3. The van der Waals surface area contributed by atoms with Gasteiger partial charge in [-0.05, 0) is 22.6 Å². The second kappa shape index (κ2) is 9.27. The molecule has 6 nitrogen and oxygen atoms in total. The monoisotopic (exact) mass is 482 g/mol. The number of hydrogen-bond acceptors (Lipinski definition) is 5. The Morgan fingerprint density at radius 1 is 1.12 bits per heavy atom. The topological polar surface area (TPSA) is 86.7 Å². The first-order valence-electron chi connectivity index (χ1n) is 10.7. The number of rotatable bonds is 6. The molecule has 0 unspecified atom stereocenters. The van der Waals surface area contributed by atoms with Gasteiger partial charge in [0.05, 0.1) is 6.42 Å². The first-order valence-corrected chi connectivity index (χ1v) is 12.5. The van der Waals surface area contributed by atoms with Crippen LogP contribution in [0, 0.1) is 0 Å².